The molecule has 8 heteroatoms. The van der Waals surface area contributed by atoms with Crippen molar-refractivity contribution < 1.29 is 18.7 Å². The van der Waals surface area contributed by atoms with Crippen LogP contribution in [0, 0.1) is 5.82 Å². The second kappa shape index (κ2) is 6.40. The number of thioether (sulfide) groups is 1. The molecule has 0 aliphatic carbocycles. The van der Waals surface area contributed by atoms with Crippen molar-refractivity contribution in [1.82, 2.24) is 5.32 Å². The molecule has 134 valence electrons. The molecule has 3 saturated heterocycles. The number of cyclic esters (lactones) is 1. The Bertz CT molecular complexity index is 716. The molecule has 1 aromatic carbocycles. The number of carbonyl (C=O) groups excluding carboxylic acids is 2. The summed E-state index contributed by atoms with van der Waals surface area (Å²) in [5.74, 6) is 0.648. The zero-order valence-electron chi connectivity index (χ0n) is 13.9. The van der Waals surface area contributed by atoms with Gasteiger partial charge in [0.05, 0.1) is 24.5 Å². The van der Waals surface area contributed by atoms with E-state index in [1.807, 2.05) is 11.8 Å². The van der Waals surface area contributed by atoms with E-state index in [1.54, 1.807) is 12.1 Å². The number of rotatable bonds is 4. The third kappa shape index (κ3) is 3.03. The van der Waals surface area contributed by atoms with E-state index in [0.717, 1.165) is 18.7 Å². The van der Waals surface area contributed by atoms with Crippen molar-refractivity contribution in [3.8, 4) is 0 Å². The first-order valence-electron chi connectivity index (χ1n) is 8.43. The third-order valence-corrected chi connectivity index (χ3v) is 6.32. The molecule has 3 aliphatic heterocycles. The van der Waals surface area contributed by atoms with Crippen LogP contribution in [0.25, 0.3) is 0 Å². The molecule has 1 aromatic rings. The number of amides is 2. The van der Waals surface area contributed by atoms with Gasteiger partial charge in [0.15, 0.2) is 0 Å². The molecule has 2 unspecified atom stereocenters. The fraction of sp³-hybridized carbons (Fsp3) is 0.529. The Labute approximate surface area is 149 Å². The number of carbonyl (C=O) groups is 2. The maximum absolute atomic E-state index is 14.6. The second-order valence-electron chi connectivity index (χ2n) is 6.61. The van der Waals surface area contributed by atoms with Crippen LogP contribution in [0.4, 0.5) is 20.6 Å². The van der Waals surface area contributed by atoms with Crippen molar-refractivity contribution >= 4 is 35.1 Å². The first-order valence-corrected chi connectivity index (χ1v) is 9.48. The summed E-state index contributed by atoms with van der Waals surface area (Å²) in [6, 6.07) is 5.34. The van der Waals surface area contributed by atoms with Crippen LogP contribution >= 0.6 is 11.8 Å². The molecule has 0 spiro atoms. The Kier molecular flexibility index (Phi) is 4.23. The number of hydrogen-bond donors (Lipinski definition) is 1. The normalized spacial score (nSPS) is 27.8. The SMILES string of the molecule is CC(=O)NC[C@H]1CN(c2ccc(N3CC4SCCC43)c(F)c2)C(=O)O1. The van der Waals surface area contributed by atoms with Crippen molar-refractivity contribution in [3.05, 3.63) is 24.0 Å². The molecule has 0 aromatic heterocycles. The van der Waals surface area contributed by atoms with Crippen molar-refractivity contribution in [2.45, 2.75) is 30.7 Å². The highest BCUT2D eigenvalue weighted by Crippen LogP contribution is 2.42. The van der Waals surface area contributed by atoms with Gasteiger partial charge in [0.1, 0.15) is 11.9 Å². The maximum Gasteiger partial charge on any atom is 0.414 e. The summed E-state index contributed by atoms with van der Waals surface area (Å²) in [6.45, 7) is 2.84. The van der Waals surface area contributed by atoms with E-state index in [9.17, 15) is 14.0 Å². The number of benzene rings is 1. The Hall–Kier alpha value is -1.96. The lowest BCUT2D eigenvalue weighted by Crippen LogP contribution is -2.56. The summed E-state index contributed by atoms with van der Waals surface area (Å²) in [4.78, 5) is 26.5. The van der Waals surface area contributed by atoms with E-state index >= 15 is 0 Å². The summed E-state index contributed by atoms with van der Waals surface area (Å²) in [6.07, 6.45) is 0.157. The van der Waals surface area contributed by atoms with E-state index < -0.39 is 12.2 Å². The molecule has 0 bridgehead atoms. The third-order valence-electron chi connectivity index (χ3n) is 4.96. The minimum Gasteiger partial charge on any atom is -0.442 e. The van der Waals surface area contributed by atoms with Crippen LogP contribution in [0.1, 0.15) is 13.3 Å². The highest BCUT2D eigenvalue weighted by Gasteiger charge is 2.43. The number of fused-ring (bicyclic) bond motifs is 1. The average molecular weight is 365 g/mol. The quantitative estimate of drug-likeness (QED) is 0.884. The molecule has 2 amide bonds. The van der Waals surface area contributed by atoms with Crippen LogP contribution in [0.3, 0.4) is 0 Å². The maximum atomic E-state index is 14.6. The van der Waals surface area contributed by atoms with E-state index in [2.05, 4.69) is 10.2 Å². The first-order chi connectivity index (χ1) is 12.0. The summed E-state index contributed by atoms with van der Waals surface area (Å²) in [5, 5.41) is 3.25. The van der Waals surface area contributed by atoms with E-state index in [0.29, 0.717) is 29.2 Å². The minimum absolute atomic E-state index is 0.178. The van der Waals surface area contributed by atoms with Crippen LogP contribution < -0.4 is 15.1 Å². The summed E-state index contributed by atoms with van der Waals surface area (Å²) in [5.41, 5.74) is 1.09. The highest BCUT2D eigenvalue weighted by molar-refractivity contribution is 8.00. The number of hydrogen-bond acceptors (Lipinski definition) is 5. The molecule has 3 fully saturated rings. The molecular weight excluding hydrogens is 345 g/mol. The minimum atomic E-state index is -0.515. The van der Waals surface area contributed by atoms with Gasteiger partial charge in [-0.25, -0.2) is 9.18 Å². The van der Waals surface area contributed by atoms with Crippen LogP contribution in [0.2, 0.25) is 0 Å². The smallest absolute Gasteiger partial charge is 0.414 e. The van der Waals surface area contributed by atoms with Gasteiger partial charge in [0, 0.05) is 24.8 Å². The van der Waals surface area contributed by atoms with E-state index in [4.69, 9.17) is 4.74 Å². The van der Waals surface area contributed by atoms with Crippen molar-refractivity contribution in [2.24, 2.45) is 0 Å². The Morgan fingerprint density at radius 2 is 2.28 bits per heavy atom. The van der Waals surface area contributed by atoms with Crippen LogP contribution in [0.15, 0.2) is 18.2 Å². The van der Waals surface area contributed by atoms with E-state index in [1.165, 1.54) is 17.9 Å². The zero-order chi connectivity index (χ0) is 17.6. The molecule has 6 nitrogen and oxygen atoms in total. The molecule has 4 rings (SSSR count). The van der Waals surface area contributed by atoms with Crippen LogP contribution in [-0.2, 0) is 9.53 Å². The van der Waals surface area contributed by atoms with Crippen LogP contribution in [0.5, 0.6) is 0 Å². The molecule has 3 aliphatic rings. The molecule has 25 heavy (non-hydrogen) atoms. The lowest BCUT2D eigenvalue weighted by atomic mass is 9.99. The number of nitrogens with zero attached hydrogens (tertiary/aromatic N) is 2. The van der Waals surface area contributed by atoms with Gasteiger partial charge in [-0.05, 0) is 30.4 Å². The average Bonchev–Trinajstić information content (AvgIpc) is 3.10. The van der Waals surface area contributed by atoms with Gasteiger partial charge in [-0.2, -0.15) is 11.8 Å². The second-order valence-corrected chi connectivity index (χ2v) is 7.95. The van der Waals surface area contributed by atoms with Gasteiger partial charge < -0.3 is 15.0 Å². The Balaban J connectivity index is 1.45. The summed E-state index contributed by atoms with van der Waals surface area (Å²) in [7, 11) is 0. The lowest BCUT2D eigenvalue weighted by Gasteiger charge is -2.45. The monoisotopic (exact) mass is 365 g/mol. The predicted molar refractivity (Wildman–Crippen MR) is 94.7 cm³/mol. The number of ether oxygens (including phenoxy) is 1. The van der Waals surface area contributed by atoms with Crippen molar-refractivity contribution in [2.75, 3.05) is 35.2 Å². The number of anilines is 2. The van der Waals surface area contributed by atoms with Crippen molar-refractivity contribution in [1.29, 1.82) is 0 Å². The number of nitrogens with one attached hydrogen (secondary N) is 1. The first kappa shape index (κ1) is 16.5. The van der Waals surface area contributed by atoms with Gasteiger partial charge in [0.25, 0.3) is 0 Å². The van der Waals surface area contributed by atoms with Gasteiger partial charge in [-0.15, -0.1) is 0 Å². The van der Waals surface area contributed by atoms with Gasteiger partial charge in [-0.1, -0.05) is 0 Å². The number of halogens is 1. The highest BCUT2D eigenvalue weighted by atomic mass is 32.2. The Morgan fingerprint density at radius 3 is 3.00 bits per heavy atom. The Morgan fingerprint density at radius 1 is 1.44 bits per heavy atom. The van der Waals surface area contributed by atoms with Gasteiger partial charge in [-0.3, -0.25) is 9.69 Å². The van der Waals surface area contributed by atoms with E-state index in [-0.39, 0.29) is 18.3 Å². The van der Waals surface area contributed by atoms with Crippen LogP contribution in [-0.4, -0.2) is 54.8 Å². The van der Waals surface area contributed by atoms with Crippen molar-refractivity contribution in [3.63, 3.8) is 0 Å². The predicted octanol–water partition coefficient (Wildman–Crippen LogP) is 1.98. The summed E-state index contributed by atoms with van der Waals surface area (Å²) >= 11 is 1.96. The fourth-order valence-corrected chi connectivity index (χ4v) is 5.08. The lowest BCUT2D eigenvalue weighted by molar-refractivity contribution is -0.119. The fourth-order valence-electron chi connectivity index (χ4n) is 3.63. The van der Waals surface area contributed by atoms with Gasteiger partial charge >= 0.3 is 6.09 Å². The largest absolute Gasteiger partial charge is 0.442 e. The molecule has 3 heterocycles. The molecule has 0 saturated carbocycles. The standard InChI is InChI=1S/C17H20FN3O3S/c1-10(22)19-7-12-8-20(17(23)24-12)11-2-3-14(13(18)6-11)21-9-16-15(21)4-5-25-16/h2-3,6,12,15-16H,4-5,7-9H2,1H3,(H,19,22)/t12-,15?,16?/m0/s1. The molecular formula is C17H20FN3O3S. The molecule has 1 N–H and O–H groups in total. The summed E-state index contributed by atoms with van der Waals surface area (Å²) < 4.78 is 19.8. The molecule has 0 radical (unpaired) electrons. The topological polar surface area (TPSA) is 61.9 Å². The molecule has 3 atom stereocenters. The van der Waals surface area contributed by atoms with Gasteiger partial charge in [0.2, 0.25) is 5.91 Å². The zero-order valence-corrected chi connectivity index (χ0v) is 14.7.